The minimum absolute atomic E-state index is 0.702. The van der Waals surface area contributed by atoms with E-state index in [2.05, 4.69) is 318 Å². The Morgan fingerprint density at radius 3 is 1.16 bits per heavy atom. The number of fused-ring (bicyclic) bond motifs is 6. The zero-order valence-corrected chi connectivity index (χ0v) is 41.7. The second-order valence-electron chi connectivity index (χ2n) is 19.5. The van der Waals surface area contributed by atoms with Crippen molar-refractivity contribution < 1.29 is 0 Å². The maximum Gasteiger partial charge on any atom is 0.0730 e. The molecule has 0 aliphatic heterocycles. The maximum absolute atomic E-state index is 5.30. The van der Waals surface area contributed by atoms with E-state index < -0.39 is 5.41 Å². The fraction of sp³-hybridized carbons (Fsp3) is 0.0139. The summed E-state index contributed by atoms with van der Waals surface area (Å²) in [6, 6.07) is 110. The normalized spacial score (nSPS) is 12.3. The molecule has 13 aromatic rings. The van der Waals surface area contributed by atoms with Gasteiger partial charge in [-0.3, -0.25) is 0 Å². The molecule has 0 spiro atoms. The maximum atomic E-state index is 5.30. The standard InChI is InChI=1S/C72H50N4/c1-7-23-51(24-8-1)68-47-61(48-69(73-68)52-25-9-2-10-26-52)76-70-38-22-20-36-63(70)65-49-67-64(50-71(65)76)62-35-19-21-37-66(62)72(67,53-39-43-59(44-40-53)74(55-27-11-3-12-28-55)56-29-13-4-14-30-56)54-41-45-60(46-42-54)75(57-31-15-5-16-32-57)58-33-17-6-18-34-58/h1-50H. The molecule has 2 aromatic heterocycles. The van der Waals surface area contributed by atoms with Crippen LogP contribution in [0, 0.1) is 0 Å². The van der Waals surface area contributed by atoms with E-state index in [1.165, 1.54) is 44.2 Å². The molecule has 76 heavy (non-hydrogen) atoms. The van der Waals surface area contributed by atoms with Crippen LogP contribution in [0.1, 0.15) is 22.3 Å². The minimum Gasteiger partial charge on any atom is -0.311 e. The summed E-state index contributed by atoms with van der Waals surface area (Å²) in [4.78, 5) is 9.98. The van der Waals surface area contributed by atoms with Gasteiger partial charge in [0.1, 0.15) is 0 Å². The molecule has 0 N–H and O–H groups in total. The Bertz CT molecular complexity index is 3920. The fourth-order valence-corrected chi connectivity index (χ4v) is 11.9. The molecule has 0 atom stereocenters. The van der Waals surface area contributed by atoms with Gasteiger partial charge >= 0.3 is 0 Å². The van der Waals surface area contributed by atoms with Crippen LogP contribution in [0.4, 0.5) is 34.1 Å². The first-order valence-electron chi connectivity index (χ1n) is 26.0. The van der Waals surface area contributed by atoms with Crippen LogP contribution in [-0.4, -0.2) is 9.55 Å². The van der Waals surface area contributed by atoms with E-state index in [0.717, 1.165) is 73.4 Å². The molecule has 2 heterocycles. The molecule has 358 valence electrons. The van der Waals surface area contributed by atoms with Crippen molar-refractivity contribution in [2.45, 2.75) is 5.41 Å². The third-order valence-corrected chi connectivity index (χ3v) is 15.2. The average molecular weight is 971 g/mol. The van der Waals surface area contributed by atoms with E-state index in [-0.39, 0.29) is 0 Å². The zero-order valence-electron chi connectivity index (χ0n) is 41.7. The predicted molar refractivity (Wildman–Crippen MR) is 316 cm³/mol. The van der Waals surface area contributed by atoms with E-state index in [0.29, 0.717) is 0 Å². The van der Waals surface area contributed by atoms with Gasteiger partial charge in [0, 0.05) is 56.0 Å². The number of rotatable bonds is 11. The first-order valence-corrected chi connectivity index (χ1v) is 26.0. The van der Waals surface area contributed by atoms with Crippen molar-refractivity contribution in [3.63, 3.8) is 0 Å². The Balaban J connectivity index is 1.02. The number of anilines is 6. The molecule has 0 amide bonds. The molecular formula is C72H50N4. The van der Waals surface area contributed by atoms with Crippen molar-refractivity contribution in [1.82, 2.24) is 9.55 Å². The number of hydrogen-bond acceptors (Lipinski definition) is 3. The van der Waals surface area contributed by atoms with Crippen molar-refractivity contribution in [1.29, 1.82) is 0 Å². The summed E-state index contributed by atoms with van der Waals surface area (Å²) in [5.41, 5.74) is 20.5. The summed E-state index contributed by atoms with van der Waals surface area (Å²) < 4.78 is 2.46. The van der Waals surface area contributed by atoms with Gasteiger partial charge in [-0.1, -0.05) is 200 Å². The van der Waals surface area contributed by atoms with Crippen molar-refractivity contribution in [2.75, 3.05) is 9.80 Å². The first-order chi connectivity index (χ1) is 37.7. The van der Waals surface area contributed by atoms with Crippen molar-refractivity contribution in [3.8, 4) is 39.3 Å². The van der Waals surface area contributed by atoms with Crippen LogP contribution < -0.4 is 9.80 Å². The van der Waals surface area contributed by atoms with Gasteiger partial charge in [-0.25, -0.2) is 4.98 Å². The highest BCUT2D eigenvalue weighted by Crippen LogP contribution is 2.58. The SMILES string of the molecule is c1ccc(-c2cc(-n3c4ccccc4c4cc5c(cc43)-c3ccccc3C5(c3ccc(N(c4ccccc4)c4ccccc4)cc3)c3ccc(N(c4ccccc4)c4ccccc4)cc3)cc(-c3ccccc3)n2)cc1. The average Bonchev–Trinajstić information content (AvgIpc) is 4.08. The molecule has 14 rings (SSSR count). The Morgan fingerprint density at radius 2 is 0.684 bits per heavy atom. The molecule has 1 aliphatic rings. The topological polar surface area (TPSA) is 24.3 Å². The van der Waals surface area contributed by atoms with Gasteiger partial charge in [-0.05, 0) is 137 Å². The van der Waals surface area contributed by atoms with Crippen LogP contribution in [0.25, 0.3) is 61.1 Å². The van der Waals surface area contributed by atoms with Gasteiger partial charge in [0.25, 0.3) is 0 Å². The fourth-order valence-electron chi connectivity index (χ4n) is 11.9. The number of pyridine rings is 1. The van der Waals surface area contributed by atoms with E-state index >= 15 is 0 Å². The molecule has 0 fully saturated rings. The minimum atomic E-state index is -0.702. The van der Waals surface area contributed by atoms with E-state index in [4.69, 9.17) is 4.98 Å². The third kappa shape index (κ3) is 7.49. The summed E-state index contributed by atoms with van der Waals surface area (Å²) >= 11 is 0. The van der Waals surface area contributed by atoms with Gasteiger partial charge < -0.3 is 14.4 Å². The number of aromatic nitrogens is 2. The van der Waals surface area contributed by atoms with Crippen LogP contribution in [0.3, 0.4) is 0 Å². The Labute approximate surface area is 443 Å². The second kappa shape index (κ2) is 18.8. The third-order valence-electron chi connectivity index (χ3n) is 15.2. The molecule has 0 unspecified atom stereocenters. The van der Waals surface area contributed by atoms with Crippen LogP contribution in [0.5, 0.6) is 0 Å². The number of nitrogens with zero attached hydrogens (tertiary/aromatic N) is 4. The van der Waals surface area contributed by atoms with Gasteiger partial charge in [-0.2, -0.15) is 0 Å². The largest absolute Gasteiger partial charge is 0.311 e. The lowest BCUT2D eigenvalue weighted by molar-refractivity contribution is 0.769. The molecule has 0 bridgehead atoms. The van der Waals surface area contributed by atoms with Crippen molar-refractivity contribution >= 4 is 55.9 Å². The number of benzene rings is 11. The lowest BCUT2D eigenvalue weighted by Crippen LogP contribution is -2.28. The smallest absolute Gasteiger partial charge is 0.0730 e. The van der Waals surface area contributed by atoms with E-state index in [1.54, 1.807) is 0 Å². The summed E-state index contributed by atoms with van der Waals surface area (Å²) in [6.07, 6.45) is 0. The Morgan fingerprint density at radius 1 is 0.289 bits per heavy atom. The molecule has 1 aliphatic carbocycles. The Hall–Kier alpha value is -10.0. The van der Waals surface area contributed by atoms with Crippen molar-refractivity contribution in [2.24, 2.45) is 0 Å². The first kappa shape index (κ1) is 44.7. The predicted octanol–water partition coefficient (Wildman–Crippen LogP) is 18.8. The quantitative estimate of drug-likeness (QED) is 0.129. The molecule has 4 nitrogen and oxygen atoms in total. The summed E-state index contributed by atoms with van der Waals surface area (Å²) in [6.45, 7) is 0. The summed E-state index contributed by atoms with van der Waals surface area (Å²) in [7, 11) is 0. The second-order valence-corrected chi connectivity index (χ2v) is 19.5. The zero-order chi connectivity index (χ0) is 50.4. The number of hydrogen-bond donors (Lipinski definition) is 0. The Kier molecular flexibility index (Phi) is 11.0. The molecular weight excluding hydrogens is 921 g/mol. The van der Waals surface area contributed by atoms with Gasteiger partial charge in [0.2, 0.25) is 0 Å². The monoisotopic (exact) mass is 970 g/mol. The van der Waals surface area contributed by atoms with Crippen LogP contribution in [-0.2, 0) is 5.41 Å². The van der Waals surface area contributed by atoms with E-state index in [1.807, 2.05) is 0 Å². The van der Waals surface area contributed by atoms with Crippen LogP contribution >= 0.6 is 0 Å². The van der Waals surface area contributed by atoms with Gasteiger partial charge in [0.05, 0.1) is 33.5 Å². The molecule has 4 heteroatoms. The molecule has 11 aromatic carbocycles. The highest BCUT2D eigenvalue weighted by atomic mass is 15.1. The molecule has 0 radical (unpaired) electrons. The lowest BCUT2D eigenvalue weighted by atomic mass is 9.67. The van der Waals surface area contributed by atoms with Gasteiger partial charge in [-0.15, -0.1) is 0 Å². The summed E-state index contributed by atoms with van der Waals surface area (Å²) in [5, 5.41) is 2.38. The van der Waals surface area contributed by atoms with E-state index in [9.17, 15) is 0 Å². The van der Waals surface area contributed by atoms with Crippen molar-refractivity contribution in [3.05, 3.63) is 326 Å². The molecule has 0 saturated heterocycles. The van der Waals surface area contributed by atoms with Gasteiger partial charge in [0.15, 0.2) is 0 Å². The highest BCUT2D eigenvalue weighted by Gasteiger charge is 2.47. The molecule has 0 saturated carbocycles. The lowest BCUT2D eigenvalue weighted by Gasteiger charge is -2.35. The number of para-hydroxylation sites is 5. The highest BCUT2D eigenvalue weighted by molar-refractivity contribution is 6.12. The van der Waals surface area contributed by atoms with Crippen LogP contribution in [0.15, 0.2) is 303 Å². The van der Waals surface area contributed by atoms with Crippen LogP contribution in [0.2, 0.25) is 0 Å². The summed E-state index contributed by atoms with van der Waals surface area (Å²) in [5.74, 6) is 0.